The Bertz CT molecular complexity index is 341. The molecule has 0 unspecified atom stereocenters. The molecule has 0 atom stereocenters. The minimum atomic E-state index is -0.458. The van der Waals surface area contributed by atoms with Gasteiger partial charge in [0.25, 0.3) is 0 Å². The fraction of sp³-hybridized carbons (Fsp3) is 0.125. The normalized spacial score (nSPS) is 8.92. The second-order valence-corrected chi connectivity index (χ2v) is 2.36. The Morgan fingerprint density at radius 2 is 2.42 bits per heavy atom. The molecule has 0 bridgehead atoms. The first kappa shape index (κ1) is 8.98. The lowest BCUT2D eigenvalue weighted by atomic mass is 10.3. The summed E-state index contributed by atoms with van der Waals surface area (Å²) in [6.45, 7) is 0.215. The van der Waals surface area contributed by atoms with Crippen molar-refractivity contribution in [3.05, 3.63) is 28.8 Å². The van der Waals surface area contributed by atoms with Crippen LogP contribution in [0.25, 0.3) is 0 Å². The second-order valence-electron chi connectivity index (χ2n) is 2.00. The van der Waals surface area contributed by atoms with E-state index in [9.17, 15) is 4.39 Å². The predicted octanol–water partition coefficient (Wildman–Crippen LogP) is 1.18. The molecule has 0 spiro atoms. The number of rotatable bonds is 0. The summed E-state index contributed by atoms with van der Waals surface area (Å²) in [5.41, 5.74) is 5.50. The summed E-state index contributed by atoms with van der Waals surface area (Å²) in [6, 6.07) is 1.22. The zero-order valence-corrected chi connectivity index (χ0v) is 6.90. The summed E-state index contributed by atoms with van der Waals surface area (Å²) >= 11 is 5.61. The number of aromatic nitrogens is 1. The van der Waals surface area contributed by atoms with Gasteiger partial charge in [0.05, 0.1) is 18.3 Å². The smallest absolute Gasteiger partial charge is 0.144 e. The maximum absolute atomic E-state index is 12.6. The van der Waals surface area contributed by atoms with Crippen LogP contribution in [0.1, 0.15) is 5.56 Å². The molecular formula is C8H6ClFN2. The Morgan fingerprint density at radius 1 is 1.67 bits per heavy atom. The summed E-state index contributed by atoms with van der Waals surface area (Å²) in [7, 11) is 0. The van der Waals surface area contributed by atoms with Crippen molar-refractivity contribution >= 4 is 11.6 Å². The van der Waals surface area contributed by atoms with Gasteiger partial charge in [-0.2, -0.15) is 0 Å². The van der Waals surface area contributed by atoms with Gasteiger partial charge < -0.3 is 5.73 Å². The van der Waals surface area contributed by atoms with Crippen LogP contribution in [0.2, 0.25) is 5.15 Å². The van der Waals surface area contributed by atoms with Crippen LogP contribution in [0.15, 0.2) is 12.3 Å². The average Bonchev–Trinajstić information content (AvgIpc) is 2.07. The number of hydrogen-bond acceptors (Lipinski definition) is 2. The summed E-state index contributed by atoms with van der Waals surface area (Å²) in [6.07, 6.45) is 1.04. The molecule has 1 aromatic rings. The van der Waals surface area contributed by atoms with E-state index in [1.807, 2.05) is 0 Å². The van der Waals surface area contributed by atoms with Gasteiger partial charge in [-0.1, -0.05) is 23.4 Å². The summed E-state index contributed by atoms with van der Waals surface area (Å²) in [5.74, 6) is 4.71. The maximum Gasteiger partial charge on any atom is 0.144 e. The highest BCUT2D eigenvalue weighted by Crippen LogP contribution is 2.11. The van der Waals surface area contributed by atoms with Gasteiger partial charge in [0, 0.05) is 0 Å². The molecule has 0 amide bonds. The van der Waals surface area contributed by atoms with Crippen LogP contribution in [-0.4, -0.2) is 11.5 Å². The van der Waals surface area contributed by atoms with Gasteiger partial charge in [-0.15, -0.1) is 0 Å². The highest BCUT2D eigenvalue weighted by Gasteiger charge is 1.99. The van der Waals surface area contributed by atoms with Crippen LogP contribution >= 0.6 is 11.6 Å². The van der Waals surface area contributed by atoms with Gasteiger partial charge >= 0.3 is 0 Å². The van der Waals surface area contributed by atoms with Crippen molar-refractivity contribution in [3.63, 3.8) is 0 Å². The number of hydrogen-bond donors (Lipinski definition) is 1. The lowest BCUT2D eigenvalue weighted by molar-refractivity contribution is 0.621. The van der Waals surface area contributed by atoms with Crippen molar-refractivity contribution in [1.29, 1.82) is 0 Å². The third-order valence-corrected chi connectivity index (χ3v) is 1.43. The monoisotopic (exact) mass is 184 g/mol. The van der Waals surface area contributed by atoms with Crippen LogP contribution in [0, 0.1) is 17.7 Å². The van der Waals surface area contributed by atoms with Crippen molar-refractivity contribution in [1.82, 2.24) is 4.98 Å². The van der Waals surface area contributed by atoms with E-state index in [4.69, 9.17) is 17.3 Å². The molecule has 12 heavy (non-hydrogen) atoms. The third kappa shape index (κ3) is 2.19. The third-order valence-electron chi connectivity index (χ3n) is 1.13. The molecule has 2 N–H and O–H groups in total. The Labute approximate surface area is 74.6 Å². The molecule has 1 aromatic heterocycles. The zero-order chi connectivity index (χ0) is 8.97. The SMILES string of the molecule is NCC#Cc1cc(F)cnc1Cl. The molecule has 0 radical (unpaired) electrons. The van der Waals surface area contributed by atoms with E-state index < -0.39 is 5.82 Å². The van der Waals surface area contributed by atoms with Crippen molar-refractivity contribution in [2.24, 2.45) is 5.73 Å². The minimum absolute atomic E-state index is 0.192. The highest BCUT2D eigenvalue weighted by atomic mass is 35.5. The van der Waals surface area contributed by atoms with Crippen LogP contribution in [0.5, 0.6) is 0 Å². The fourth-order valence-electron chi connectivity index (χ4n) is 0.657. The van der Waals surface area contributed by atoms with Crippen LogP contribution in [0.3, 0.4) is 0 Å². The summed E-state index contributed by atoms with van der Waals surface area (Å²) in [4.78, 5) is 3.58. The number of pyridine rings is 1. The molecule has 1 heterocycles. The molecule has 0 aliphatic rings. The average molecular weight is 185 g/mol. The predicted molar refractivity (Wildman–Crippen MR) is 45.1 cm³/mol. The van der Waals surface area contributed by atoms with E-state index >= 15 is 0 Å². The zero-order valence-electron chi connectivity index (χ0n) is 6.14. The molecule has 0 saturated heterocycles. The first-order valence-electron chi connectivity index (χ1n) is 3.24. The van der Waals surface area contributed by atoms with Gasteiger partial charge in [-0.25, -0.2) is 9.37 Å². The first-order chi connectivity index (χ1) is 5.74. The van der Waals surface area contributed by atoms with Crippen LogP contribution in [-0.2, 0) is 0 Å². The van der Waals surface area contributed by atoms with Crippen LogP contribution in [0.4, 0.5) is 4.39 Å². The summed E-state index contributed by atoms with van der Waals surface area (Å²) < 4.78 is 12.6. The molecular weight excluding hydrogens is 179 g/mol. The van der Waals surface area contributed by atoms with Crippen molar-refractivity contribution in [2.75, 3.05) is 6.54 Å². The van der Waals surface area contributed by atoms with Gasteiger partial charge in [-0.3, -0.25) is 0 Å². The molecule has 0 fully saturated rings. The van der Waals surface area contributed by atoms with Crippen molar-refractivity contribution in [3.8, 4) is 11.8 Å². The first-order valence-corrected chi connectivity index (χ1v) is 3.62. The lowest BCUT2D eigenvalue weighted by Crippen LogP contribution is -1.93. The largest absolute Gasteiger partial charge is 0.320 e. The van der Waals surface area contributed by atoms with E-state index in [-0.39, 0.29) is 11.7 Å². The van der Waals surface area contributed by atoms with Gasteiger partial charge in [0.2, 0.25) is 0 Å². The van der Waals surface area contributed by atoms with Gasteiger partial charge in [0.1, 0.15) is 11.0 Å². The molecule has 0 aliphatic carbocycles. The van der Waals surface area contributed by atoms with E-state index in [1.165, 1.54) is 6.07 Å². The Kier molecular flexibility index (Phi) is 3.03. The lowest BCUT2D eigenvalue weighted by Gasteiger charge is -1.93. The quantitative estimate of drug-likeness (QED) is 0.486. The molecule has 0 saturated carbocycles. The molecule has 0 aromatic carbocycles. The Morgan fingerprint density at radius 3 is 3.08 bits per heavy atom. The topological polar surface area (TPSA) is 38.9 Å². The van der Waals surface area contributed by atoms with Gasteiger partial charge in [0.15, 0.2) is 0 Å². The highest BCUT2D eigenvalue weighted by molar-refractivity contribution is 6.30. The maximum atomic E-state index is 12.6. The van der Waals surface area contributed by atoms with E-state index in [1.54, 1.807) is 0 Å². The molecule has 2 nitrogen and oxygen atoms in total. The second kappa shape index (κ2) is 4.05. The minimum Gasteiger partial charge on any atom is -0.320 e. The Hall–Kier alpha value is -1.11. The molecule has 0 aliphatic heterocycles. The van der Waals surface area contributed by atoms with E-state index in [0.29, 0.717) is 5.56 Å². The van der Waals surface area contributed by atoms with E-state index in [0.717, 1.165) is 6.20 Å². The number of halogens is 2. The molecule has 1 rings (SSSR count). The van der Waals surface area contributed by atoms with Crippen molar-refractivity contribution < 1.29 is 4.39 Å². The summed E-state index contributed by atoms with van der Waals surface area (Å²) in [5, 5.41) is 0.192. The van der Waals surface area contributed by atoms with Gasteiger partial charge in [-0.05, 0) is 6.07 Å². The number of nitrogens with two attached hydrogens (primary N) is 1. The fourth-order valence-corrected chi connectivity index (χ4v) is 0.807. The molecule has 4 heteroatoms. The number of nitrogens with zero attached hydrogens (tertiary/aromatic N) is 1. The van der Waals surface area contributed by atoms with Crippen LogP contribution < -0.4 is 5.73 Å². The molecule has 62 valence electrons. The van der Waals surface area contributed by atoms with Crippen molar-refractivity contribution in [2.45, 2.75) is 0 Å². The standard InChI is InChI=1S/C8H6ClFN2/c9-8-6(2-1-3-11)4-7(10)5-12-8/h4-5H,3,11H2. The Balaban J connectivity index is 3.05. The van der Waals surface area contributed by atoms with E-state index in [2.05, 4.69) is 16.8 Å².